The first-order valence-corrected chi connectivity index (χ1v) is 11.1. The highest BCUT2D eigenvalue weighted by atomic mass is 35.5. The van der Waals surface area contributed by atoms with E-state index < -0.39 is 17.8 Å². The number of hydrogen-bond donors (Lipinski definition) is 0. The smallest absolute Gasteiger partial charge is 0.315 e. The number of Topliss-reactive ketones (excluding diaryl/α,β-unsaturated/α-hetero) is 1. The van der Waals surface area contributed by atoms with Crippen LogP contribution in [0.4, 0.5) is 0 Å². The lowest BCUT2D eigenvalue weighted by molar-refractivity contribution is -0.143. The van der Waals surface area contributed by atoms with Crippen molar-refractivity contribution in [1.82, 2.24) is 0 Å². The molecule has 32 heavy (non-hydrogen) atoms. The fourth-order valence-corrected chi connectivity index (χ4v) is 4.98. The molecule has 166 valence electrons. The van der Waals surface area contributed by atoms with Crippen LogP contribution in [-0.2, 0) is 14.3 Å². The van der Waals surface area contributed by atoms with E-state index >= 15 is 0 Å². The number of ketones is 1. The number of carbonyl (C=O) groups is 2. The Bertz CT molecular complexity index is 1140. The highest BCUT2D eigenvalue weighted by Crippen LogP contribution is 2.47. The van der Waals surface area contributed by atoms with Crippen LogP contribution in [0, 0.1) is 5.92 Å². The summed E-state index contributed by atoms with van der Waals surface area (Å²) in [4.78, 5) is 30.9. The number of methoxy groups -OCH3 is 2. The Morgan fingerprint density at radius 3 is 2.31 bits per heavy atom. The number of allylic oxidation sites excluding steroid dienone is 2. The second-order valence-electron chi connectivity index (χ2n) is 8.07. The van der Waals surface area contributed by atoms with Crippen molar-refractivity contribution in [1.29, 1.82) is 0 Å². The predicted molar refractivity (Wildman–Crippen MR) is 125 cm³/mol. The van der Waals surface area contributed by atoms with Gasteiger partial charge in [-0.2, -0.15) is 0 Å². The summed E-state index contributed by atoms with van der Waals surface area (Å²) in [6.45, 7) is 1.80. The van der Waals surface area contributed by atoms with Crippen molar-refractivity contribution in [3.63, 3.8) is 0 Å². The maximum Gasteiger partial charge on any atom is 0.315 e. The van der Waals surface area contributed by atoms with Gasteiger partial charge in [0, 0.05) is 29.3 Å². The van der Waals surface area contributed by atoms with E-state index in [1.807, 2.05) is 24.3 Å². The molecule has 7 heteroatoms. The standard InChI is InChI=1S/C25H23Cl2NO4/c1-13-22(25(30)32-3)23(15-6-9-18(26)19(27)10-15)24-20(28-13)11-16(12-21(24)29)14-4-7-17(31-2)8-5-14/h4-10,16,22-23H,11-12H2,1-3H3/t16-,22?,23+/m1/s1. The van der Waals surface area contributed by atoms with Crippen LogP contribution in [0.25, 0.3) is 0 Å². The summed E-state index contributed by atoms with van der Waals surface area (Å²) in [6, 6.07) is 13.0. The minimum atomic E-state index is -0.697. The Kier molecular flexibility index (Phi) is 6.40. The molecule has 0 N–H and O–H groups in total. The molecule has 2 aliphatic rings. The Labute approximate surface area is 197 Å². The van der Waals surface area contributed by atoms with E-state index in [9.17, 15) is 9.59 Å². The molecule has 1 aliphatic heterocycles. The van der Waals surface area contributed by atoms with E-state index in [4.69, 9.17) is 37.7 Å². The quantitative estimate of drug-likeness (QED) is 0.532. The van der Waals surface area contributed by atoms with Crippen molar-refractivity contribution >= 4 is 40.7 Å². The molecule has 2 aromatic carbocycles. The average molecular weight is 472 g/mol. The van der Waals surface area contributed by atoms with Gasteiger partial charge < -0.3 is 9.47 Å². The molecular formula is C25H23Cl2NO4. The van der Waals surface area contributed by atoms with Gasteiger partial charge in [0.25, 0.3) is 0 Å². The molecule has 1 unspecified atom stereocenters. The Morgan fingerprint density at radius 1 is 1.00 bits per heavy atom. The first-order chi connectivity index (χ1) is 15.3. The zero-order valence-corrected chi connectivity index (χ0v) is 19.5. The van der Waals surface area contributed by atoms with Gasteiger partial charge in [-0.3, -0.25) is 14.6 Å². The van der Waals surface area contributed by atoms with Crippen LogP contribution in [0.2, 0.25) is 10.0 Å². The highest BCUT2D eigenvalue weighted by molar-refractivity contribution is 6.42. The number of nitrogens with zero attached hydrogens (tertiary/aromatic N) is 1. The topological polar surface area (TPSA) is 65.0 Å². The molecule has 4 rings (SSSR count). The van der Waals surface area contributed by atoms with Crippen LogP contribution in [-0.4, -0.2) is 31.7 Å². The molecule has 1 heterocycles. The number of aliphatic imine (C=N–C) groups is 1. The second-order valence-corrected chi connectivity index (χ2v) is 8.88. The van der Waals surface area contributed by atoms with E-state index in [1.165, 1.54) is 7.11 Å². The predicted octanol–water partition coefficient (Wildman–Crippen LogP) is 5.75. The Morgan fingerprint density at radius 2 is 1.69 bits per heavy atom. The summed E-state index contributed by atoms with van der Waals surface area (Å²) in [7, 11) is 2.96. The summed E-state index contributed by atoms with van der Waals surface area (Å²) in [6.07, 6.45) is 0.946. The zero-order valence-electron chi connectivity index (χ0n) is 18.0. The van der Waals surface area contributed by atoms with Crippen molar-refractivity contribution in [2.24, 2.45) is 10.9 Å². The average Bonchev–Trinajstić information content (AvgIpc) is 2.79. The largest absolute Gasteiger partial charge is 0.497 e. The van der Waals surface area contributed by atoms with E-state index in [-0.39, 0.29) is 11.7 Å². The Balaban J connectivity index is 1.79. The molecule has 0 saturated heterocycles. The number of carbonyl (C=O) groups excluding carboxylic acids is 2. The monoisotopic (exact) mass is 471 g/mol. The third-order valence-corrected chi connectivity index (χ3v) is 6.97. The minimum absolute atomic E-state index is 0.00726. The lowest BCUT2D eigenvalue weighted by atomic mass is 9.69. The summed E-state index contributed by atoms with van der Waals surface area (Å²) >= 11 is 12.4. The Hall–Kier alpha value is -2.63. The van der Waals surface area contributed by atoms with Gasteiger partial charge >= 0.3 is 5.97 Å². The number of ether oxygens (including phenoxy) is 2. The highest BCUT2D eigenvalue weighted by Gasteiger charge is 2.44. The first-order valence-electron chi connectivity index (χ1n) is 10.3. The molecular weight excluding hydrogens is 449 g/mol. The first kappa shape index (κ1) is 22.6. The number of hydrogen-bond acceptors (Lipinski definition) is 5. The molecule has 0 bridgehead atoms. The number of halogens is 2. The molecule has 0 amide bonds. The molecule has 0 spiro atoms. The summed E-state index contributed by atoms with van der Waals surface area (Å²) in [5, 5.41) is 0.782. The summed E-state index contributed by atoms with van der Waals surface area (Å²) < 4.78 is 10.3. The van der Waals surface area contributed by atoms with Crippen molar-refractivity contribution < 1.29 is 19.1 Å². The minimum Gasteiger partial charge on any atom is -0.497 e. The summed E-state index contributed by atoms with van der Waals surface area (Å²) in [5.74, 6) is -0.894. The van der Waals surface area contributed by atoms with Gasteiger partial charge in [-0.25, -0.2) is 0 Å². The number of esters is 1. The molecule has 2 aromatic rings. The van der Waals surface area contributed by atoms with E-state index in [0.29, 0.717) is 34.2 Å². The molecule has 0 radical (unpaired) electrons. The zero-order chi connectivity index (χ0) is 23.0. The van der Waals surface area contributed by atoms with Gasteiger partial charge in [0.05, 0.1) is 24.3 Å². The van der Waals surface area contributed by atoms with Gasteiger partial charge in [0.15, 0.2) is 5.78 Å². The molecule has 1 aliphatic carbocycles. The maximum absolute atomic E-state index is 13.5. The lowest BCUT2D eigenvalue weighted by Crippen LogP contribution is -2.37. The fraction of sp³-hybridized carbons (Fsp3) is 0.320. The van der Waals surface area contributed by atoms with Crippen molar-refractivity contribution in [2.45, 2.75) is 31.6 Å². The van der Waals surface area contributed by atoms with Gasteiger partial charge in [-0.15, -0.1) is 0 Å². The second kappa shape index (κ2) is 9.08. The van der Waals surface area contributed by atoms with E-state index in [0.717, 1.165) is 22.6 Å². The van der Waals surface area contributed by atoms with Crippen LogP contribution in [0.15, 0.2) is 58.7 Å². The van der Waals surface area contributed by atoms with Crippen LogP contribution in [0.1, 0.15) is 42.7 Å². The van der Waals surface area contributed by atoms with Gasteiger partial charge in [-0.1, -0.05) is 41.4 Å². The third kappa shape index (κ3) is 4.07. The fourth-order valence-electron chi connectivity index (χ4n) is 4.67. The number of benzene rings is 2. The molecule has 0 aromatic heterocycles. The third-order valence-electron chi connectivity index (χ3n) is 6.23. The van der Waals surface area contributed by atoms with Crippen molar-refractivity contribution in [3.8, 4) is 5.75 Å². The molecule has 0 saturated carbocycles. The van der Waals surface area contributed by atoms with Crippen molar-refractivity contribution in [3.05, 3.63) is 74.9 Å². The van der Waals surface area contributed by atoms with Gasteiger partial charge in [0.1, 0.15) is 11.7 Å². The SMILES string of the molecule is COC(=O)C1C(C)=NC2=C(C(=O)C[C@H](c3ccc(OC)cc3)C2)[C@H]1c1ccc(Cl)c(Cl)c1. The maximum atomic E-state index is 13.5. The number of rotatable bonds is 4. The molecule has 3 atom stereocenters. The van der Waals surface area contributed by atoms with Gasteiger partial charge in [-0.05, 0) is 54.7 Å². The van der Waals surface area contributed by atoms with Crippen LogP contribution < -0.4 is 4.74 Å². The normalized spacial score (nSPS) is 22.8. The van der Waals surface area contributed by atoms with E-state index in [2.05, 4.69) is 0 Å². The van der Waals surface area contributed by atoms with Crippen LogP contribution >= 0.6 is 23.2 Å². The van der Waals surface area contributed by atoms with Crippen LogP contribution in [0.5, 0.6) is 5.75 Å². The summed E-state index contributed by atoms with van der Waals surface area (Å²) in [5.41, 5.74) is 3.70. The molecule has 0 fully saturated rings. The lowest BCUT2D eigenvalue weighted by Gasteiger charge is -2.36. The van der Waals surface area contributed by atoms with Crippen molar-refractivity contribution in [2.75, 3.05) is 14.2 Å². The molecule has 5 nitrogen and oxygen atoms in total. The van der Waals surface area contributed by atoms with Gasteiger partial charge in [0.2, 0.25) is 0 Å². The van der Waals surface area contributed by atoms with E-state index in [1.54, 1.807) is 32.2 Å². The van der Waals surface area contributed by atoms with Crippen LogP contribution in [0.3, 0.4) is 0 Å².